The lowest BCUT2D eigenvalue weighted by Gasteiger charge is -1.99. The molecule has 0 spiro atoms. The van der Waals surface area contributed by atoms with Crippen molar-refractivity contribution in [2.45, 2.75) is 19.8 Å². The van der Waals surface area contributed by atoms with Gasteiger partial charge in [-0.05, 0) is 5.92 Å². The molecule has 1 rings (SSSR count). The normalized spacial score (nSPS) is 10.7. The Kier molecular flexibility index (Phi) is 2.05. The van der Waals surface area contributed by atoms with Gasteiger partial charge >= 0.3 is 0 Å². The second kappa shape index (κ2) is 2.64. The van der Waals surface area contributed by atoms with E-state index in [0.717, 1.165) is 5.69 Å². The summed E-state index contributed by atoms with van der Waals surface area (Å²) in [4.78, 5) is 0. The Morgan fingerprint density at radius 1 is 1.67 bits per heavy atom. The zero-order chi connectivity index (χ0) is 6.85. The minimum atomic E-state index is 0.511. The van der Waals surface area contributed by atoms with Gasteiger partial charge in [0.05, 0.1) is 34.8 Å². The van der Waals surface area contributed by atoms with Crippen LogP contribution in [-0.4, -0.2) is 13.2 Å². The first kappa shape index (κ1) is 6.98. The molecule has 0 saturated carbocycles. The molecule has 50 valence electrons. The van der Waals surface area contributed by atoms with Gasteiger partial charge in [-0.1, -0.05) is 19.1 Å². The average Bonchev–Trinajstić information content (AvgIpc) is 2.13. The lowest BCUT2D eigenvalue weighted by Crippen LogP contribution is -1.92. The van der Waals surface area contributed by atoms with Gasteiger partial charge in [0.2, 0.25) is 0 Å². The Labute approximate surface area is 67.9 Å². The third-order valence-electron chi connectivity index (χ3n) is 1.12. The Morgan fingerprint density at radius 3 is 2.56 bits per heavy atom. The molecule has 9 heavy (non-hydrogen) atoms. The monoisotopic (exact) mass is 237 g/mol. The summed E-state index contributed by atoms with van der Waals surface area (Å²) in [5.74, 6) is 0.511. The minimum Gasteiger partial charge on any atom is -0.188 e. The Hall–Kier alpha value is -0.130. The topological polar surface area (TPSA) is 30.7 Å². The number of hydrogen-bond donors (Lipinski definition) is 0. The van der Waals surface area contributed by atoms with Gasteiger partial charge in [-0.25, -0.2) is 0 Å². The van der Waals surface area contributed by atoms with E-state index in [0.29, 0.717) is 5.92 Å². The number of halogens is 1. The molecular formula is C5H8IN3. The average molecular weight is 237 g/mol. The van der Waals surface area contributed by atoms with Crippen LogP contribution in [-0.2, 0) is 0 Å². The van der Waals surface area contributed by atoms with Crippen molar-refractivity contribution in [1.29, 1.82) is 0 Å². The molecule has 0 aliphatic carbocycles. The molecule has 0 saturated heterocycles. The van der Waals surface area contributed by atoms with E-state index >= 15 is 0 Å². The fraction of sp³-hybridized carbons (Fsp3) is 0.600. The van der Waals surface area contributed by atoms with Crippen molar-refractivity contribution in [3.8, 4) is 0 Å². The SMILES string of the molecule is CC(C)c1cnnn1I. The summed E-state index contributed by atoms with van der Waals surface area (Å²) >= 11 is 2.11. The van der Waals surface area contributed by atoms with E-state index in [1.54, 1.807) is 9.09 Å². The van der Waals surface area contributed by atoms with Gasteiger partial charge in [0, 0.05) is 0 Å². The molecule has 3 nitrogen and oxygen atoms in total. The number of nitrogens with zero attached hydrogens (tertiary/aromatic N) is 3. The molecule has 0 unspecified atom stereocenters. The van der Waals surface area contributed by atoms with Crippen molar-refractivity contribution >= 4 is 22.9 Å². The molecule has 0 fully saturated rings. The van der Waals surface area contributed by atoms with E-state index in [4.69, 9.17) is 0 Å². The van der Waals surface area contributed by atoms with Crippen LogP contribution >= 0.6 is 22.9 Å². The number of aromatic nitrogens is 3. The zero-order valence-corrected chi connectivity index (χ0v) is 7.53. The molecule has 0 atom stereocenters. The standard InChI is InChI=1S/C5H8IN3/c1-4(2)5-3-7-8-9(5)6/h3-4H,1-2H3. The maximum Gasteiger partial charge on any atom is 0.0867 e. The Balaban J connectivity index is 2.94. The van der Waals surface area contributed by atoms with E-state index in [1.807, 2.05) is 0 Å². The highest BCUT2D eigenvalue weighted by atomic mass is 127. The fourth-order valence-electron chi connectivity index (χ4n) is 0.592. The van der Waals surface area contributed by atoms with Gasteiger partial charge in [0.15, 0.2) is 0 Å². The molecule has 1 heterocycles. The van der Waals surface area contributed by atoms with Crippen LogP contribution < -0.4 is 0 Å². The van der Waals surface area contributed by atoms with Crippen LogP contribution in [0.2, 0.25) is 0 Å². The summed E-state index contributed by atoms with van der Waals surface area (Å²) in [6.45, 7) is 4.24. The van der Waals surface area contributed by atoms with E-state index in [9.17, 15) is 0 Å². The van der Waals surface area contributed by atoms with Gasteiger partial charge in [0.1, 0.15) is 0 Å². The zero-order valence-electron chi connectivity index (χ0n) is 5.37. The highest BCUT2D eigenvalue weighted by Crippen LogP contribution is 2.12. The molecule has 0 radical (unpaired) electrons. The highest BCUT2D eigenvalue weighted by molar-refractivity contribution is 14.1. The van der Waals surface area contributed by atoms with Crippen LogP contribution in [0.3, 0.4) is 0 Å². The van der Waals surface area contributed by atoms with Gasteiger partial charge in [-0.15, -0.1) is 5.10 Å². The first-order valence-electron chi connectivity index (χ1n) is 2.78. The molecule has 0 aromatic carbocycles. The molecule has 0 amide bonds. The highest BCUT2D eigenvalue weighted by Gasteiger charge is 2.03. The van der Waals surface area contributed by atoms with Crippen molar-refractivity contribution in [3.63, 3.8) is 0 Å². The quantitative estimate of drug-likeness (QED) is 0.694. The van der Waals surface area contributed by atoms with Crippen LogP contribution in [0.4, 0.5) is 0 Å². The summed E-state index contributed by atoms with van der Waals surface area (Å²) in [5.41, 5.74) is 1.16. The summed E-state index contributed by atoms with van der Waals surface area (Å²) in [6, 6.07) is 0. The number of rotatable bonds is 1. The Bertz CT molecular complexity index is 194. The van der Waals surface area contributed by atoms with E-state index in [-0.39, 0.29) is 0 Å². The molecular weight excluding hydrogens is 229 g/mol. The predicted octanol–water partition coefficient (Wildman–Crippen LogP) is 1.60. The van der Waals surface area contributed by atoms with Crippen LogP contribution in [0.5, 0.6) is 0 Å². The second-order valence-corrected chi connectivity index (χ2v) is 3.09. The van der Waals surface area contributed by atoms with Crippen molar-refractivity contribution < 1.29 is 0 Å². The third kappa shape index (κ3) is 1.41. The van der Waals surface area contributed by atoms with Crippen LogP contribution in [0.15, 0.2) is 6.20 Å². The van der Waals surface area contributed by atoms with Crippen molar-refractivity contribution in [1.82, 2.24) is 13.2 Å². The first-order chi connectivity index (χ1) is 4.22. The largest absolute Gasteiger partial charge is 0.188 e. The molecule has 0 bridgehead atoms. The fourth-order valence-corrected chi connectivity index (χ4v) is 1.38. The molecule has 0 aliphatic rings. The van der Waals surface area contributed by atoms with Crippen LogP contribution in [0.1, 0.15) is 25.5 Å². The van der Waals surface area contributed by atoms with E-state index in [1.165, 1.54) is 0 Å². The predicted molar refractivity (Wildman–Crippen MR) is 43.5 cm³/mol. The summed E-state index contributed by atoms with van der Waals surface area (Å²) in [5, 5.41) is 7.54. The molecule has 4 heteroatoms. The summed E-state index contributed by atoms with van der Waals surface area (Å²) in [6.07, 6.45) is 1.79. The van der Waals surface area contributed by atoms with Crippen molar-refractivity contribution in [2.75, 3.05) is 0 Å². The second-order valence-electron chi connectivity index (χ2n) is 2.17. The van der Waals surface area contributed by atoms with Gasteiger partial charge < -0.3 is 0 Å². The molecule has 1 aromatic rings. The third-order valence-corrected chi connectivity index (χ3v) is 1.87. The first-order valence-corrected chi connectivity index (χ1v) is 3.75. The molecule has 0 aliphatic heterocycles. The smallest absolute Gasteiger partial charge is 0.0867 e. The Morgan fingerprint density at radius 2 is 2.33 bits per heavy atom. The molecule has 0 N–H and O–H groups in total. The van der Waals surface area contributed by atoms with Crippen molar-refractivity contribution in [3.05, 3.63) is 11.9 Å². The number of hydrogen-bond acceptors (Lipinski definition) is 2. The summed E-state index contributed by atoms with van der Waals surface area (Å²) in [7, 11) is 0. The lowest BCUT2D eigenvalue weighted by atomic mass is 10.2. The van der Waals surface area contributed by atoms with Crippen LogP contribution in [0, 0.1) is 0 Å². The lowest BCUT2D eigenvalue weighted by molar-refractivity contribution is 0.791. The maximum absolute atomic E-state index is 3.79. The van der Waals surface area contributed by atoms with E-state index in [2.05, 4.69) is 47.0 Å². The van der Waals surface area contributed by atoms with E-state index < -0.39 is 0 Å². The van der Waals surface area contributed by atoms with Crippen molar-refractivity contribution in [2.24, 2.45) is 0 Å². The van der Waals surface area contributed by atoms with Crippen LogP contribution in [0.25, 0.3) is 0 Å². The van der Waals surface area contributed by atoms with Gasteiger partial charge in [-0.2, -0.15) is 2.90 Å². The van der Waals surface area contributed by atoms with Gasteiger partial charge in [0.25, 0.3) is 0 Å². The van der Waals surface area contributed by atoms with Gasteiger partial charge in [-0.3, -0.25) is 0 Å². The summed E-state index contributed by atoms with van der Waals surface area (Å²) < 4.78 is 1.77. The maximum atomic E-state index is 3.79. The molecule has 1 aromatic heterocycles. The minimum absolute atomic E-state index is 0.511.